The Kier molecular flexibility index (Phi) is 63.9. The van der Waals surface area contributed by atoms with Gasteiger partial charge in [-0.05, 0) is 128 Å². The van der Waals surface area contributed by atoms with Gasteiger partial charge in [0.1, 0.15) is 13.2 Å². The van der Waals surface area contributed by atoms with E-state index in [1.54, 1.807) is 0 Å². The van der Waals surface area contributed by atoms with E-state index in [0.29, 0.717) is 19.3 Å². The number of rotatable bonds is 59. The molecule has 0 aromatic rings. The zero-order valence-electron chi connectivity index (χ0n) is 52.5. The van der Waals surface area contributed by atoms with Gasteiger partial charge in [-0.2, -0.15) is 0 Å². The van der Waals surface area contributed by atoms with Crippen molar-refractivity contribution >= 4 is 17.9 Å². The van der Waals surface area contributed by atoms with Crippen molar-refractivity contribution in [3.05, 3.63) is 146 Å². The number of hydrogen-bond donors (Lipinski definition) is 0. The zero-order valence-corrected chi connectivity index (χ0v) is 52.5. The van der Waals surface area contributed by atoms with E-state index in [4.69, 9.17) is 14.2 Å². The first-order valence-electron chi connectivity index (χ1n) is 33.3. The molecule has 81 heavy (non-hydrogen) atoms. The average molecular weight is 1120 g/mol. The lowest BCUT2D eigenvalue weighted by Gasteiger charge is -2.18. The molecular formula is C75H122O6. The highest BCUT2D eigenvalue weighted by Crippen LogP contribution is 2.16. The Balaban J connectivity index is 4.35. The van der Waals surface area contributed by atoms with Crippen LogP contribution in [0.2, 0.25) is 0 Å². The fourth-order valence-electron chi connectivity index (χ4n) is 8.90. The van der Waals surface area contributed by atoms with Crippen LogP contribution in [-0.4, -0.2) is 37.2 Å². The molecule has 0 fully saturated rings. The Hall–Kier alpha value is -4.71. The Labute approximate surface area is 499 Å². The molecule has 0 N–H and O–H groups in total. The maximum atomic E-state index is 12.9. The lowest BCUT2D eigenvalue weighted by Crippen LogP contribution is -2.30. The molecule has 1 unspecified atom stereocenters. The predicted octanol–water partition coefficient (Wildman–Crippen LogP) is 23.1. The summed E-state index contributed by atoms with van der Waals surface area (Å²) in [5.74, 6) is -1.01. The molecule has 0 heterocycles. The smallest absolute Gasteiger partial charge is 0.306 e. The van der Waals surface area contributed by atoms with E-state index in [1.807, 2.05) is 6.08 Å². The summed E-state index contributed by atoms with van der Waals surface area (Å²) in [4.78, 5) is 38.3. The number of esters is 3. The number of carbonyl (C=O) groups is 3. The third-order valence-electron chi connectivity index (χ3n) is 13.8. The number of unbranched alkanes of at least 4 members (excludes halogenated alkanes) is 24. The van der Waals surface area contributed by atoms with Gasteiger partial charge in [0.15, 0.2) is 6.10 Å². The monoisotopic (exact) mass is 1120 g/mol. The molecular weight excluding hydrogens is 997 g/mol. The van der Waals surface area contributed by atoms with Crippen LogP contribution >= 0.6 is 0 Å². The molecule has 0 rings (SSSR count). The third kappa shape index (κ3) is 66.0. The van der Waals surface area contributed by atoms with E-state index in [0.717, 1.165) is 122 Å². The van der Waals surface area contributed by atoms with Crippen molar-refractivity contribution in [2.24, 2.45) is 0 Å². The van der Waals surface area contributed by atoms with Crippen molar-refractivity contribution in [3.63, 3.8) is 0 Å². The lowest BCUT2D eigenvalue weighted by molar-refractivity contribution is -0.166. The number of ether oxygens (including phenoxy) is 3. The second-order valence-corrected chi connectivity index (χ2v) is 21.6. The van der Waals surface area contributed by atoms with Crippen molar-refractivity contribution in [1.29, 1.82) is 0 Å². The van der Waals surface area contributed by atoms with Gasteiger partial charge in [0.2, 0.25) is 0 Å². The van der Waals surface area contributed by atoms with Gasteiger partial charge in [-0.3, -0.25) is 14.4 Å². The number of hydrogen-bond acceptors (Lipinski definition) is 6. The summed E-state index contributed by atoms with van der Waals surface area (Å²) in [6.07, 6.45) is 97.4. The van der Waals surface area contributed by atoms with E-state index in [2.05, 4.69) is 161 Å². The van der Waals surface area contributed by atoms with Gasteiger partial charge in [-0.25, -0.2) is 0 Å². The summed E-state index contributed by atoms with van der Waals surface area (Å²) in [6.45, 7) is 6.33. The summed E-state index contributed by atoms with van der Waals surface area (Å²) in [5.41, 5.74) is 0. The highest BCUT2D eigenvalue weighted by atomic mass is 16.6. The maximum Gasteiger partial charge on any atom is 0.306 e. The lowest BCUT2D eigenvalue weighted by atomic mass is 10.0. The molecule has 1 atom stereocenters. The van der Waals surface area contributed by atoms with Crippen LogP contribution in [0.3, 0.4) is 0 Å². The molecule has 0 aromatic carbocycles. The second-order valence-electron chi connectivity index (χ2n) is 21.6. The predicted molar refractivity (Wildman–Crippen MR) is 352 cm³/mol. The number of allylic oxidation sites excluding steroid dienone is 24. The topological polar surface area (TPSA) is 78.9 Å². The summed E-state index contributed by atoms with van der Waals surface area (Å²) in [7, 11) is 0. The molecule has 6 heteroatoms. The molecule has 6 nitrogen and oxygen atoms in total. The Morgan fingerprint density at radius 1 is 0.259 bits per heavy atom. The molecule has 458 valence electrons. The van der Waals surface area contributed by atoms with Crippen molar-refractivity contribution in [2.75, 3.05) is 13.2 Å². The molecule has 0 spiro atoms. The highest BCUT2D eigenvalue weighted by molar-refractivity contribution is 5.71. The van der Waals surface area contributed by atoms with E-state index < -0.39 is 6.10 Å². The largest absolute Gasteiger partial charge is 0.462 e. The van der Waals surface area contributed by atoms with Gasteiger partial charge in [-0.1, -0.05) is 289 Å². The first-order chi connectivity index (χ1) is 40.0. The van der Waals surface area contributed by atoms with Gasteiger partial charge >= 0.3 is 17.9 Å². The molecule has 0 amide bonds. The molecule has 0 saturated carbocycles. The van der Waals surface area contributed by atoms with E-state index in [1.165, 1.54) is 122 Å². The van der Waals surface area contributed by atoms with Crippen LogP contribution in [-0.2, 0) is 28.6 Å². The summed E-state index contributed by atoms with van der Waals surface area (Å²) < 4.78 is 16.9. The zero-order chi connectivity index (χ0) is 58.5. The van der Waals surface area contributed by atoms with Crippen molar-refractivity contribution in [3.8, 4) is 0 Å². The van der Waals surface area contributed by atoms with Crippen LogP contribution in [0.4, 0.5) is 0 Å². The fourth-order valence-corrected chi connectivity index (χ4v) is 8.90. The van der Waals surface area contributed by atoms with Crippen LogP contribution in [0.15, 0.2) is 146 Å². The molecule has 0 bridgehead atoms. The fraction of sp³-hybridized carbons (Fsp3) is 0.640. The molecule has 0 radical (unpaired) electrons. The van der Waals surface area contributed by atoms with Crippen molar-refractivity contribution < 1.29 is 28.6 Å². The third-order valence-corrected chi connectivity index (χ3v) is 13.8. The SMILES string of the molecule is CC/C=C\C/C=C\C/C=C\C/C=C\C/C=C\CCCCCCCCCCCCCCCC(=O)OCC(COC(=O)CC/C=C\C/C=C\C/C=C\C/C=C\CC)OC(=O)CCCCCCCC/C=C\C/C=C\C/C=C\CCCCCCC. The van der Waals surface area contributed by atoms with Gasteiger partial charge in [0.05, 0.1) is 0 Å². The van der Waals surface area contributed by atoms with E-state index in [9.17, 15) is 14.4 Å². The van der Waals surface area contributed by atoms with Crippen LogP contribution in [0, 0.1) is 0 Å². The summed E-state index contributed by atoms with van der Waals surface area (Å²) in [5, 5.41) is 0. The number of carbonyl (C=O) groups excluding carboxylic acids is 3. The maximum absolute atomic E-state index is 12.9. The van der Waals surface area contributed by atoms with Crippen LogP contribution < -0.4 is 0 Å². The summed E-state index contributed by atoms with van der Waals surface area (Å²) in [6, 6.07) is 0. The molecule has 0 aliphatic rings. The quantitative estimate of drug-likeness (QED) is 0.0261. The Bertz CT molecular complexity index is 1760. The van der Waals surface area contributed by atoms with Gasteiger partial charge in [-0.15, -0.1) is 0 Å². The normalized spacial score (nSPS) is 13.1. The summed E-state index contributed by atoms with van der Waals surface area (Å²) >= 11 is 0. The van der Waals surface area contributed by atoms with Gasteiger partial charge in [0, 0.05) is 19.3 Å². The van der Waals surface area contributed by atoms with Crippen molar-refractivity contribution in [2.45, 2.75) is 297 Å². The Morgan fingerprint density at radius 3 is 0.827 bits per heavy atom. The molecule has 0 aliphatic carbocycles. The standard InChI is InChI=1S/C75H122O6/c1-4-7-10-13-16-19-22-25-27-29-31-33-34-35-36-37-38-39-40-42-43-45-47-50-53-56-59-62-65-68-74(77)80-71-72(70-79-73(76)67-64-61-58-55-52-49-24-21-18-15-12-9-6-3)81-75(78)69-66-63-60-57-54-51-48-46-44-41-32-30-28-26-23-20-17-14-11-8-5-2/h7,9-10,12,16,18-19,21,23,25-27,30-33,35-36,44,46,49,52,58,61,72H,4-6,8,11,13-15,17,20,22,24,28-29,34,37-43,45,47-48,50-51,53-57,59-60,62-71H2,1-3H3/b10-7-,12-9-,19-16-,21-18-,26-23-,27-25-,32-30-,33-31-,36-35-,46-44-,52-49-,61-58-. The minimum atomic E-state index is -0.821. The first-order valence-corrected chi connectivity index (χ1v) is 33.3. The van der Waals surface area contributed by atoms with E-state index in [-0.39, 0.29) is 37.5 Å². The molecule has 0 saturated heterocycles. The first kappa shape index (κ1) is 76.3. The van der Waals surface area contributed by atoms with Gasteiger partial charge < -0.3 is 14.2 Å². The van der Waals surface area contributed by atoms with Gasteiger partial charge in [0.25, 0.3) is 0 Å². The second kappa shape index (κ2) is 67.8. The van der Waals surface area contributed by atoms with Crippen molar-refractivity contribution in [1.82, 2.24) is 0 Å². The van der Waals surface area contributed by atoms with Crippen LogP contribution in [0.1, 0.15) is 290 Å². The minimum absolute atomic E-state index is 0.110. The van der Waals surface area contributed by atoms with E-state index >= 15 is 0 Å². The van der Waals surface area contributed by atoms with Crippen LogP contribution in [0.25, 0.3) is 0 Å². The van der Waals surface area contributed by atoms with Crippen LogP contribution in [0.5, 0.6) is 0 Å². The molecule has 0 aromatic heterocycles. The average Bonchev–Trinajstić information content (AvgIpc) is 3.46. The minimum Gasteiger partial charge on any atom is -0.462 e. The Morgan fingerprint density at radius 2 is 0.506 bits per heavy atom. The highest BCUT2D eigenvalue weighted by Gasteiger charge is 2.19. The molecule has 0 aliphatic heterocycles.